The standard InChI is InChI=1S/C22H20F8I2O2/c23-11-15(27)21(16(28)12(24)19(11)31)33-9-7-5-3-1-2-4-6-8-10-34-22-17(29)13(25)20(32)14(26)18(22)30/h1-10H2. The average Bonchev–Trinajstić information content (AvgIpc) is 2.83. The van der Waals surface area contributed by atoms with Crippen LogP contribution >= 0.6 is 45.2 Å². The Morgan fingerprint density at radius 2 is 0.618 bits per heavy atom. The number of halogens is 10. The van der Waals surface area contributed by atoms with Gasteiger partial charge >= 0.3 is 0 Å². The molecule has 0 aliphatic carbocycles. The predicted octanol–water partition coefficient (Wildman–Crippen LogP) is 8.59. The van der Waals surface area contributed by atoms with Crippen molar-refractivity contribution in [2.24, 2.45) is 0 Å². The second kappa shape index (κ2) is 13.9. The summed E-state index contributed by atoms with van der Waals surface area (Å²) in [5.74, 6) is -14.3. The van der Waals surface area contributed by atoms with Crippen LogP contribution in [0.1, 0.15) is 51.4 Å². The van der Waals surface area contributed by atoms with Gasteiger partial charge in [-0.3, -0.25) is 0 Å². The van der Waals surface area contributed by atoms with Gasteiger partial charge in [0.2, 0.25) is 23.3 Å². The van der Waals surface area contributed by atoms with Crippen LogP contribution in [0.3, 0.4) is 0 Å². The van der Waals surface area contributed by atoms with Gasteiger partial charge in [0.1, 0.15) is 0 Å². The third-order valence-electron chi connectivity index (χ3n) is 4.87. The SMILES string of the molecule is Fc1c(F)c(OCCCCCCCCCCOc2c(F)c(F)c(I)c(F)c2F)c(F)c(F)c1I. The summed E-state index contributed by atoms with van der Waals surface area (Å²) in [5.41, 5.74) is 0. The van der Waals surface area contributed by atoms with Crippen LogP contribution in [0.5, 0.6) is 11.5 Å². The second-order valence-electron chi connectivity index (χ2n) is 7.32. The predicted molar refractivity (Wildman–Crippen MR) is 126 cm³/mol. The van der Waals surface area contributed by atoms with Gasteiger partial charge in [-0.15, -0.1) is 0 Å². The molecule has 0 aliphatic heterocycles. The highest BCUT2D eigenvalue weighted by molar-refractivity contribution is 14.1. The average molecular weight is 722 g/mol. The van der Waals surface area contributed by atoms with Crippen molar-refractivity contribution >= 4 is 45.2 Å². The largest absolute Gasteiger partial charge is 0.487 e. The highest BCUT2D eigenvalue weighted by Crippen LogP contribution is 2.32. The Labute approximate surface area is 218 Å². The first kappa shape index (κ1) is 29.2. The molecule has 0 aromatic heterocycles. The van der Waals surface area contributed by atoms with Crippen molar-refractivity contribution < 1.29 is 44.6 Å². The molecule has 12 heteroatoms. The van der Waals surface area contributed by atoms with Crippen molar-refractivity contribution in [1.29, 1.82) is 0 Å². The monoisotopic (exact) mass is 722 g/mol. The van der Waals surface area contributed by atoms with Crippen LogP contribution < -0.4 is 9.47 Å². The van der Waals surface area contributed by atoms with Crippen LogP contribution in [0.15, 0.2) is 0 Å². The Bertz CT molecular complexity index is 866. The minimum absolute atomic E-state index is 0.0997. The van der Waals surface area contributed by atoms with E-state index in [1.54, 1.807) is 0 Å². The topological polar surface area (TPSA) is 18.5 Å². The molecule has 2 aromatic carbocycles. The first-order chi connectivity index (χ1) is 16.1. The molecule has 0 spiro atoms. The lowest BCUT2D eigenvalue weighted by Crippen LogP contribution is -2.07. The van der Waals surface area contributed by atoms with Crippen molar-refractivity contribution in [3.63, 3.8) is 0 Å². The molecule has 0 unspecified atom stereocenters. The van der Waals surface area contributed by atoms with Gasteiger partial charge in [0.15, 0.2) is 34.8 Å². The van der Waals surface area contributed by atoms with Crippen molar-refractivity contribution in [1.82, 2.24) is 0 Å². The third kappa shape index (κ3) is 7.23. The lowest BCUT2D eigenvalue weighted by Gasteiger charge is -2.11. The van der Waals surface area contributed by atoms with Gasteiger partial charge in [-0.2, -0.15) is 17.6 Å². The maximum atomic E-state index is 13.7. The zero-order valence-corrected chi connectivity index (χ0v) is 22.0. The molecule has 34 heavy (non-hydrogen) atoms. The fourth-order valence-electron chi connectivity index (χ4n) is 3.04. The molecule has 0 bridgehead atoms. The molecule has 0 saturated heterocycles. The Kier molecular flexibility index (Phi) is 11.9. The van der Waals surface area contributed by atoms with Gasteiger partial charge in [-0.25, -0.2) is 17.6 Å². The van der Waals surface area contributed by atoms with Crippen molar-refractivity contribution in [2.45, 2.75) is 51.4 Å². The highest BCUT2D eigenvalue weighted by Gasteiger charge is 2.26. The van der Waals surface area contributed by atoms with Crippen LogP contribution in [-0.2, 0) is 0 Å². The van der Waals surface area contributed by atoms with E-state index in [0.29, 0.717) is 25.7 Å². The molecular formula is C22H20F8I2O2. The number of unbranched alkanes of at least 4 members (excludes halogenated alkanes) is 7. The van der Waals surface area contributed by atoms with E-state index in [0.717, 1.165) is 25.7 Å². The van der Waals surface area contributed by atoms with Gasteiger partial charge in [0.25, 0.3) is 0 Å². The molecule has 0 atom stereocenters. The first-order valence-electron chi connectivity index (χ1n) is 10.4. The normalized spacial score (nSPS) is 11.2. The van der Waals surface area contributed by atoms with Crippen LogP contribution in [0.4, 0.5) is 35.1 Å². The molecule has 0 aliphatic rings. The third-order valence-corrected chi connectivity index (χ3v) is 6.76. The van der Waals surface area contributed by atoms with E-state index in [-0.39, 0.29) is 13.2 Å². The van der Waals surface area contributed by atoms with Crippen LogP contribution in [0.25, 0.3) is 0 Å². The van der Waals surface area contributed by atoms with E-state index in [1.807, 2.05) is 0 Å². The van der Waals surface area contributed by atoms with E-state index < -0.39 is 65.2 Å². The van der Waals surface area contributed by atoms with Gasteiger partial charge in [0, 0.05) is 0 Å². The maximum absolute atomic E-state index is 13.7. The molecule has 2 nitrogen and oxygen atoms in total. The van der Waals surface area contributed by atoms with Crippen molar-refractivity contribution in [2.75, 3.05) is 13.2 Å². The molecule has 0 amide bonds. The quantitative estimate of drug-likeness (QED) is 0.0679. The number of hydrogen-bond donors (Lipinski definition) is 0. The molecule has 0 N–H and O–H groups in total. The summed E-state index contributed by atoms with van der Waals surface area (Å²) in [7, 11) is 0. The van der Waals surface area contributed by atoms with Crippen molar-refractivity contribution in [3.8, 4) is 11.5 Å². The summed E-state index contributed by atoms with van der Waals surface area (Å²) < 4.78 is 117. The molecule has 0 radical (unpaired) electrons. The minimum atomic E-state index is -1.56. The molecule has 2 aromatic rings. The van der Waals surface area contributed by atoms with E-state index in [9.17, 15) is 35.1 Å². The molecule has 0 fully saturated rings. The minimum Gasteiger partial charge on any atom is -0.487 e. The van der Waals surface area contributed by atoms with Gasteiger partial charge in [-0.05, 0) is 58.0 Å². The van der Waals surface area contributed by atoms with Gasteiger partial charge < -0.3 is 9.47 Å². The second-order valence-corrected chi connectivity index (χ2v) is 9.48. The summed E-state index contributed by atoms with van der Waals surface area (Å²) in [5, 5.41) is 0. The summed E-state index contributed by atoms with van der Waals surface area (Å²) in [6.45, 7) is -0.199. The summed E-state index contributed by atoms with van der Waals surface area (Å²) >= 11 is 2.34. The van der Waals surface area contributed by atoms with E-state index in [1.165, 1.54) is 45.2 Å². The molecule has 2 rings (SSSR count). The number of hydrogen-bond acceptors (Lipinski definition) is 2. The number of rotatable bonds is 13. The molecular weight excluding hydrogens is 702 g/mol. The zero-order valence-electron chi connectivity index (χ0n) is 17.7. The van der Waals surface area contributed by atoms with Crippen LogP contribution in [0, 0.1) is 53.7 Å². The summed E-state index contributed by atoms with van der Waals surface area (Å²) in [4.78, 5) is 0. The highest BCUT2D eigenvalue weighted by atomic mass is 127. The maximum Gasteiger partial charge on any atom is 0.205 e. The fourth-order valence-corrected chi connectivity index (χ4v) is 3.98. The summed E-state index contributed by atoms with van der Waals surface area (Å²) in [6.07, 6.45) is 5.47. The van der Waals surface area contributed by atoms with Crippen LogP contribution in [0.2, 0.25) is 0 Å². The zero-order chi connectivity index (χ0) is 25.4. The van der Waals surface area contributed by atoms with E-state index >= 15 is 0 Å². The number of ether oxygens (including phenoxy) is 2. The van der Waals surface area contributed by atoms with Gasteiger partial charge in [0.05, 0.1) is 20.4 Å². The fraction of sp³-hybridized carbons (Fsp3) is 0.455. The smallest absolute Gasteiger partial charge is 0.205 e. The number of benzene rings is 2. The van der Waals surface area contributed by atoms with E-state index in [2.05, 4.69) is 0 Å². The van der Waals surface area contributed by atoms with Crippen molar-refractivity contribution in [3.05, 3.63) is 53.7 Å². The summed E-state index contributed by atoms with van der Waals surface area (Å²) in [6, 6.07) is 0. The lowest BCUT2D eigenvalue weighted by atomic mass is 10.1. The molecule has 190 valence electrons. The molecule has 0 heterocycles. The first-order valence-corrected chi connectivity index (χ1v) is 12.5. The Balaban J connectivity index is 1.57. The van der Waals surface area contributed by atoms with Gasteiger partial charge in [-0.1, -0.05) is 38.5 Å². The van der Waals surface area contributed by atoms with E-state index in [4.69, 9.17) is 9.47 Å². The Hall–Kier alpha value is -1.06. The Morgan fingerprint density at radius 1 is 0.382 bits per heavy atom. The lowest BCUT2D eigenvalue weighted by molar-refractivity contribution is 0.260. The Morgan fingerprint density at radius 3 is 0.882 bits per heavy atom. The molecule has 0 saturated carbocycles. The van der Waals surface area contributed by atoms with Crippen LogP contribution in [-0.4, -0.2) is 13.2 Å².